The van der Waals surface area contributed by atoms with Gasteiger partial charge in [-0.2, -0.15) is 11.3 Å². The fraction of sp³-hybridized carbons (Fsp3) is 0.455. The lowest BCUT2D eigenvalue weighted by molar-refractivity contribution is -0.140. The lowest BCUT2D eigenvalue weighted by Crippen LogP contribution is -2.32. The van der Waals surface area contributed by atoms with Crippen LogP contribution >= 0.6 is 11.3 Å². The first kappa shape index (κ1) is 12.7. The van der Waals surface area contributed by atoms with Gasteiger partial charge < -0.3 is 9.64 Å². The lowest BCUT2D eigenvalue weighted by Gasteiger charge is -2.19. The largest absolute Gasteiger partial charge is 0.469 e. The Morgan fingerprint density at radius 3 is 2.75 bits per heavy atom. The van der Waals surface area contributed by atoms with E-state index in [1.165, 1.54) is 18.4 Å². The Bertz CT molecular complexity index is 348. The Kier molecular flexibility index (Phi) is 4.98. The number of esters is 1. The number of carbonyl (C=O) groups is 2. The molecule has 4 nitrogen and oxygen atoms in total. The molecule has 0 bridgehead atoms. The molecule has 0 radical (unpaired) electrons. The third-order valence-corrected chi connectivity index (χ3v) is 2.93. The molecule has 1 amide bonds. The quantitative estimate of drug-likeness (QED) is 0.738. The predicted molar refractivity (Wildman–Crippen MR) is 62.5 cm³/mol. The van der Waals surface area contributed by atoms with Gasteiger partial charge in [0.05, 0.1) is 19.1 Å². The van der Waals surface area contributed by atoms with Crippen LogP contribution in [0.15, 0.2) is 16.8 Å². The summed E-state index contributed by atoms with van der Waals surface area (Å²) in [5, 5.41) is 3.67. The van der Waals surface area contributed by atoms with Crippen molar-refractivity contribution in [2.24, 2.45) is 0 Å². The van der Waals surface area contributed by atoms with Gasteiger partial charge in [-0.3, -0.25) is 9.59 Å². The van der Waals surface area contributed by atoms with Crippen molar-refractivity contribution in [1.29, 1.82) is 0 Å². The van der Waals surface area contributed by atoms with Crippen molar-refractivity contribution >= 4 is 23.2 Å². The summed E-state index contributed by atoms with van der Waals surface area (Å²) in [5.41, 5.74) is 0.678. The Morgan fingerprint density at radius 1 is 1.50 bits per heavy atom. The molecule has 0 spiro atoms. The van der Waals surface area contributed by atoms with Crippen LogP contribution in [-0.4, -0.2) is 37.0 Å². The third-order valence-electron chi connectivity index (χ3n) is 2.25. The van der Waals surface area contributed by atoms with E-state index in [4.69, 9.17) is 0 Å². The zero-order chi connectivity index (χ0) is 12.0. The van der Waals surface area contributed by atoms with Crippen molar-refractivity contribution in [2.45, 2.75) is 13.3 Å². The fourth-order valence-corrected chi connectivity index (χ4v) is 1.93. The van der Waals surface area contributed by atoms with Crippen LogP contribution in [0.2, 0.25) is 0 Å². The summed E-state index contributed by atoms with van der Waals surface area (Å²) in [6, 6.07) is 1.79. The van der Waals surface area contributed by atoms with Crippen LogP contribution in [0.25, 0.3) is 0 Å². The first-order chi connectivity index (χ1) is 7.69. The second kappa shape index (κ2) is 6.27. The first-order valence-electron chi connectivity index (χ1n) is 5.07. The highest BCUT2D eigenvalue weighted by Gasteiger charge is 2.15. The summed E-state index contributed by atoms with van der Waals surface area (Å²) in [6.07, 6.45) is 0.236. The number of thiophene rings is 1. The number of hydrogen-bond acceptors (Lipinski definition) is 4. The molecule has 0 aliphatic carbocycles. The van der Waals surface area contributed by atoms with Gasteiger partial charge in [0.2, 0.25) is 0 Å². The van der Waals surface area contributed by atoms with Crippen molar-refractivity contribution in [3.05, 3.63) is 22.4 Å². The SMILES string of the molecule is CCN(CCC(=O)OC)C(=O)c1ccsc1. The maximum absolute atomic E-state index is 11.9. The minimum atomic E-state index is -0.295. The van der Waals surface area contributed by atoms with Crippen molar-refractivity contribution in [3.8, 4) is 0 Å². The normalized spacial score (nSPS) is 9.88. The number of ether oxygens (including phenoxy) is 1. The van der Waals surface area contributed by atoms with Gasteiger partial charge in [0.15, 0.2) is 0 Å². The van der Waals surface area contributed by atoms with Crippen LogP contribution in [0.5, 0.6) is 0 Å². The van der Waals surface area contributed by atoms with Crippen LogP contribution in [0.1, 0.15) is 23.7 Å². The summed E-state index contributed by atoms with van der Waals surface area (Å²) in [6.45, 7) is 2.88. The van der Waals surface area contributed by atoms with Crippen LogP contribution in [0.3, 0.4) is 0 Å². The van der Waals surface area contributed by atoms with Gasteiger partial charge in [0.25, 0.3) is 5.91 Å². The van der Waals surface area contributed by atoms with Gasteiger partial charge in [-0.25, -0.2) is 0 Å². The highest BCUT2D eigenvalue weighted by atomic mass is 32.1. The van der Waals surface area contributed by atoms with Gasteiger partial charge >= 0.3 is 5.97 Å². The minimum absolute atomic E-state index is 0.0346. The van der Waals surface area contributed by atoms with Crippen LogP contribution in [-0.2, 0) is 9.53 Å². The van der Waals surface area contributed by atoms with E-state index >= 15 is 0 Å². The Balaban J connectivity index is 2.54. The zero-order valence-corrected chi connectivity index (χ0v) is 10.3. The van der Waals surface area contributed by atoms with E-state index in [1.807, 2.05) is 17.7 Å². The summed E-state index contributed by atoms with van der Waals surface area (Å²) in [4.78, 5) is 24.5. The molecule has 0 aromatic carbocycles. The number of carbonyl (C=O) groups excluding carboxylic acids is 2. The average molecular weight is 241 g/mol. The summed E-state index contributed by atoms with van der Waals surface area (Å²) in [5.74, 6) is -0.329. The summed E-state index contributed by atoms with van der Waals surface area (Å²) in [7, 11) is 1.35. The maximum Gasteiger partial charge on any atom is 0.307 e. The number of nitrogens with zero attached hydrogens (tertiary/aromatic N) is 1. The molecule has 88 valence electrons. The van der Waals surface area contributed by atoms with Crippen LogP contribution < -0.4 is 0 Å². The Hall–Kier alpha value is -1.36. The molecule has 1 heterocycles. The van der Waals surface area contributed by atoms with E-state index in [0.717, 1.165) is 0 Å². The molecule has 0 atom stereocenters. The standard InChI is InChI=1S/C11H15NO3S/c1-3-12(6-4-10(13)15-2)11(14)9-5-7-16-8-9/h5,7-8H,3-4,6H2,1-2H3. The van der Waals surface area contributed by atoms with E-state index in [2.05, 4.69) is 4.74 Å². The van der Waals surface area contributed by atoms with E-state index < -0.39 is 0 Å². The predicted octanol–water partition coefficient (Wildman–Crippen LogP) is 1.77. The van der Waals surface area contributed by atoms with Crippen LogP contribution in [0, 0.1) is 0 Å². The molecule has 0 saturated heterocycles. The van der Waals surface area contributed by atoms with Crippen molar-refractivity contribution < 1.29 is 14.3 Å². The highest BCUT2D eigenvalue weighted by molar-refractivity contribution is 7.08. The molecule has 0 saturated carbocycles. The van der Waals surface area contributed by atoms with Crippen molar-refractivity contribution in [2.75, 3.05) is 20.2 Å². The number of rotatable bonds is 5. The molecule has 0 N–H and O–H groups in total. The number of methoxy groups -OCH3 is 1. The molecular formula is C11H15NO3S. The second-order valence-electron chi connectivity index (χ2n) is 3.22. The molecular weight excluding hydrogens is 226 g/mol. The van der Waals surface area contributed by atoms with Gasteiger partial charge in [-0.15, -0.1) is 0 Å². The second-order valence-corrected chi connectivity index (χ2v) is 4.00. The van der Waals surface area contributed by atoms with Gasteiger partial charge in [0, 0.05) is 18.5 Å². The molecule has 0 fully saturated rings. The van der Waals surface area contributed by atoms with Crippen molar-refractivity contribution in [1.82, 2.24) is 4.90 Å². The number of amides is 1. The smallest absolute Gasteiger partial charge is 0.307 e. The van der Waals surface area contributed by atoms with Gasteiger partial charge in [-0.1, -0.05) is 0 Å². The third kappa shape index (κ3) is 3.34. The van der Waals surface area contributed by atoms with E-state index in [-0.39, 0.29) is 18.3 Å². The first-order valence-corrected chi connectivity index (χ1v) is 6.01. The van der Waals surface area contributed by atoms with Crippen molar-refractivity contribution in [3.63, 3.8) is 0 Å². The molecule has 0 aliphatic rings. The topological polar surface area (TPSA) is 46.6 Å². The molecule has 0 unspecified atom stereocenters. The lowest BCUT2D eigenvalue weighted by atomic mass is 10.2. The van der Waals surface area contributed by atoms with E-state index in [0.29, 0.717) is 18.7 Å². The van der Waals surface area contributed by atoms with Gasteiger partial charge in [0.1, 0.15) is 0 Å². The van der Waals surface area contributed by atoms with E-state index in [9.17, 15) is 9.59 Å². The monoisotopic (exact) mass is 241 g/mol. The molecule has 0 aliphatic heterocycles. The van der Waals surface area contributed by atoms with Crippen LogP contribution in [0.4, 0.5) is 0 Å². The molecule has 1 rings (SSSR count). The average Bonchev–Trinajstić information content (AvgIpc) is 2.82. The fourth-order valence-electron chi connectivity index (χ4n) is 1.30. The zero-order valence-electron chi connectivity index (χ0n) is 9.43. The Morgan fingerprint density at radius 2 is 2.25 bits per heavy atom. The summed E-state index contributed by atoms with van der Waals surface area (Å²) < 4.78 is 4.54. The minimum Gasteiger partial charge on any atom is -0.469 e. The Labute approximate surface area is 98.8 Å². The summed E-state index contributed by atoms with van der Waals surface area (Å²) >= 11 is 1.49. The number of hydrogen-bond donors (Lipinski definition) is 0. The maximum atomic E-state index is 11.9. The highest BCUT2D eigenvalue weighted by Crippen LogP contribution is 2.09. The molecule has 16 heavy (non-hydrogen) atoms. The van der Waals surface area contributed by atoms with E-state index in [1.54, 1.807) is 11.0 Å². The molecule has 5 heteroatoms. The molecule has 1 aromatic rings. The molecule has 1 aromatic heterocycles. The van der Waals surface area contributed by atoms with Gasteiger partial charge in [-0.05, 0) is 18.4 Å².